The molecule has 1 fully saturated rings. The second-order valence-electron chi connectivity index (χ2n) is 6.48. The van der Waals surface area contributed by atoms with Crippen molar-refractivity contribution >= 4 is 11.6 Å². The molecule has 0 saturated carbocycles. The van der Waals surface area contributed by atoms with Crippen LogP contribution in [0.25, 0.3) is 0 Å². The Morgan fingerprint density at radius 1 is 1.39 bits per heavy atom. The van der Waals surface area contributed by atoms with Gasteiger partial charge < -0.3 is 20.5 Å². The topological polar surface area (TPSA) is 73.6 Å². The van der Waals surface area contributed by atoms with Gasteiger partial charge in [0.1, 0.15) is 5.75 Å². The lowest BCUT2D eigenvalue weighted by atomic mass is 10.0. The van der Waals surface area contributed by atoms with Crippen LogP contribution >= 0.6 is 0 Å². The van der Waals surface area contributed by atoms with Crippen LogP contribution in [0.1, 0.15) is 32.3 Å². The van der Waals surface area contributed by atoms with E-state index >= 15 is 0 Å². The zero-order chi connectivity index (χ0) is 16.8. The SMILES string of the molecule is Cc1ccc(NC(=O)C(C)C(C)N)cc1OCC1CCOCC1. The number of hydrogen-bond donors (Lipinski definition) is 2. The lowest BCUT2D eigenvalue weighted by Crippen LogP contribution is -2.34. The fourth-order valence-electron chi connectivity index (χ4n) is 2.45. The molecule has 2 rings (SSSR count). The maximum atomic E-state index is 12.1. The van der Waals surface area contributed by atoms with Gasteiger partial charge in [-0.25, -0.2) is 0 Å². The van der Waals surface area contributed by atoms with Gasteiger partial charge in [-0.05, 0) is 44.2 Å². The van der Waals surface area contributed by atoms with Crippen LogP contribution in [-0.2, 0) is 9.53 Å². The molecule has 0 aliphatic carbocycles. The highest BCUT2D eigenvalue weighted by atomic mass is 16.5. The summed E-state index contributed by atoms with van der Waals surface area (Å²) in [6, 6.07) is 5.57. The Kier molecular flexibility index (Phi) is 6.42. The molecule has 0 spiro atoms. The van der Waals surface area contributed by atoms with E-state index in [4.69, 9.17) is 15.2 Å². The first-order valence-corrected chi connectivity index (χ1v) is 8.35. The van der Waals surface area contributed by atoms with Crippen LogP contribution in [0.15, 0.2) is 18.2 Å². The first-order valence-electron chi connectivity index (χ1n) is 8.35. The number of carbonyl (C=O) groups excluding carboxylic acids is 1. The minimum Gasteiger partial charge on any atom is -0.493 e. The van der Waals surface area contributed by atoms with Gasteiger partial charge in [0.25, 0.3) is 0 Å². The molecular formula is C18H28N2O3. The summed E-state index contributed by atoms with van der Waals surface area (Å²) >= 11 is 0. The van der Waals surface area contributed by atoms with Crippen molar-refractivity contribution in [2.45, 2.75) is 39.7 Å². The second kappa shape index (κ2) is 8.31. The van der Waals surface area contributed by atoms with Gasteiger partial charge in [-0.2, -0.15) is 0 Å². The van der Waals surface area contributed by atoms with Crippen LogP contribution < -0.4 is 15.8 Å². The van der Waals surface area contributed by atoms with Crippen LogP contribution in [0.2, 0.25) is 0 Å². The van der Waals surface area contributed by atoms with Crippen molar-refractivity contribution in [2.75, 3.05) is 25.1 Å². The molecule has 1 heterocycles. The summed E-state index contributed by atoms with van der Waals surface area (Å²) in [5.41, 5.74) is 7.59. The summed E-state index contributed by atoms with van der Waals surface area (Å²) in [5, 5.41) is 2.91. The van der Waals surface area contributed by atoms with Crippen LogP contribution in [0.4, 0.5) is 5.69 Å². The predicted octanol–water partition coefficient (Wildman–Crippen LogP) is 2.72. The van der Waals surface area contributed by atoms with Gasteiger partial charge in [-0.1, -0.05) is 13.0 Å². The molecule has 1 aliphatic rings. The number of hydrogen-bond acceptors (Lipinski definition) is 4. The Labute approximate surface area is 138 Å². The highest BCUT2D eigenvalue weighted by Crippen LogP contribution is 2.25. The maximum absolute atomic E-state index is 12.1. The highest BCUT2D eigenvalue weighted by Gasteiger charge is 2.18. The summed E-state index contributed by atoms with van der Waals surface area (Å²) < 4.78 is 11.3. The highest BCUT2D eigenvalue weighted by molar-refractivity contribution is 5.93. The van der Waals surface area contributed by atoms with Crippen molar-refractivity contribution in [2.24, 2.45) is 17.6 Å². The molecule has 1 saturated heterocycles. The summed E-state index contributed by atoms with van der Waals surface area (Å²) in [7, 11) is 0. The molecule has 1 aromatic rings. The quantitative estimate of drug-likeness (QED) is 0.845. The van der Waals surface area contributed by atoms with Gasteiger partial charge in [0.05, 0.1) is 12.5 Å². The molecule has 5 nitrogen and oxygen atoms in total. The lowest BCUT2D eigenvalue weighted by Gasteiger charge is -2.23. The third kappa shape index (κ3) is 5.22. The molecule has 128 valence electrons. The van der Waals surface area contributed by atoms with Gasteiger partial charge in [-0.3, -0.25) is 4.79 Å². The monoisotopic (exact) mass is 320 g/mol. The smallest absolute Gasteiger partial charge is 0.228 e. The average Bonchev–Trinajstić information content (AvgIpc) is 2.55. The average molecular weight is 320 g/mol. The predicted molar refractivity (Wildman–Crippen MR) is 91.7 cm³/mol. The standard InChI is InChI=1S/C18H28N2O3/c1-12-4-5-16(20-18(21)13(2)14(3)19)10-17(12)23-11-15-6-8-22-9-7-15/h4-5,10,13-15H,6-9,11,19H2,1-3H3,(H,20,21). The van der Waals surface area contributed by atoms with E-state index in [-0.39, 0.29) is 17.9 Å². The number of rotatable bonds is 6. The van der Waals surface area contributed by atoms with Gasteiger partial charge >= 0.3 is 0 Å². The number of carbonyl (C=O) groups is 1. The molecular weight excluding hydrogens is 292 g/mol. The van der Waals surface area contributed by atoms with Crippen molar-refractivity contribution in [1.29, 1.82) is 0 Å². The lowest BCUT2D eigenvalue weighted by molar-refractivity contribution is -0.119. The molecule has 0 bridgehead atoms. The number of amides is 1. The van der Waals surface area contributed by atoms with Crippen molar-refractivity contribution in [3.8, 4) is 5.75 Å². The number of ether oxygens (including phenoxy) is 2. The number of anilines is 1. The Morgan fingerprint density at radius 3 is 2.74 bits per heavy atom. The summed E-state index contributed by atoms with van der Waals surface area (Å²) in [6.45, 7) is 8.00. The first-order chi connectivity index (χ1) is 11.0. The van der Waals surface area contributed by atoms with E-state index in [1.54, 1.807) is 0 Å². The number of aryl methyl sites for hydroxylation is 1. The van der Waals surface area contributed by atoms with E-state index in [0.717, 1.165) is 43.1 Å². The van der Waals surface area contributed by atoms with Gasteiger partial charge in [0.2, 0.25) is 5.91 Å². The van der Waals surface area contributed by atoms with Crippen LogP contribution in [0.5, 0.6) is 5.75 Å². The summed E-state index contributed by atoms with van der Waals surface area (Å²) in [6.07, 6.45) is 2.09. The van der Waals surface area contributed by atoms with Gasteiger partial charge in [-0.15, -0.1) is 0 Å². The number of nitrogens with two attached hydrogens (primary N) is 1. The molecule has 23 heavy (non-hydrogen) atoms. The van der Waals surface area contributed by atoms with Crippen LogP contribution in [0.3, 0.4) is 0 Å². The molecule has 3 N–H and O–H groups in total. The third-order valence-electron chi connectivity index (χ3n) is 4.47. The first kappa shape index (κ1) is 17.8. The number of benzene rings is 1. The second-order valence-corrected chi connectivity index (χ2v) is 6.48. The molecule has 0 radical (unpaired) electrons. The Morgan fingerprint density at radius 2 is 2.09 bits per heavy atom. The zero-order valence-corrected chi connectivity index (χ0v) is 14.3. The fourth-order valence-corrected chi connectivity index (χ4v) is 2.45. The zero-order valence-electron chi connectivity index (χ0n) is 14.3. The van der Waals surface area contributed by atoms with Crippen molar-refractivity contribution in [3.63, 3.8) is 0 Å². The summed E-state index contributed by atoms with van der Waals surface area (Å²) in [4.78, 5) is 12.1. The van der Waals surface area contributed by atoms with E-state index in [9.17, 15) is 4.79 Å². The normalized spacial score (nSPS) is 18.3. The Hall–Kier alpha value is -1.59. The maximum Gasteiger partial charge on any atom is 0.228 e. The van der Waals surface area contributed by atoms with Crippen LogP contribution in [0, 0.1) is 18.8 Å². The van der Waals surface area contributed by atoms with E-state index < -0.39 is 0 Å². The van der Waals surface area contributed by atoms with Crippen molar-refractivity contribution in [3.05, 3.63) is 23.8 Å². The van der Waals surface area contributed by atoms with Crippen molar-refractivity contribution in [1.82, 2.24) is 0 Å². The Bertz CT molecular complexity index is 525. The Balaban J connectivity index is 1.96. The fraction of sp³-hybridized carbons (Fsp3) is 0.611. The molecule has 1 amide bonds. The van der Waals surface area contributed by atoms with Crippen molar-refractivity contribution < 1.29 is 14.3 Å². The minimum absolute atomic E-state index is 0.0702. The van der Waals surface area contributed by atoms with Crippen LogP contribution in [-0.4, -0.2) is 31.8 Å². The largest absolute Gasteiger partial charge is 0.493 e. The van der Waals surface area contributed by atoms with E-state index in [0.29, 0.717) is 12.5 Å². The molecule has 5 heteroatoms. The van der Waals surface area contributed by atoms with Gasteiger partial charge in [0.15, 0.2) is 0 Å². The van der Waals surface area contributed by atoms with E-state index in [1.807, 2.05) is 39.0 Å². The van der Waals surface area contributed by atoms with E-state index in [2.05, 4.69) is 5.32 Å². The molecule has 1 aliphatic heterocycles. The third-order valence-corrected chi connectivity index (χ3v) is 4.47. The molecule has 2 unspecified atom stereocenters. The molecule has 2 atom stereocenters. The summed E-state index contributed by atoms with van der Waals surface area (Å²) in [5.74, 6) is 1.06. The minimum atomic E-state index is -0.233. The number of nitrogens with one attached hydrogen (secondary N) is 1. The molecule has 0 aromatic heterocycles. The van der Waals surface area contributed by atoms with E-state index in [1.165, 1.54) is 0 Å². The van der Waals surface area contributed by atoms with Gasteiger partial charge in [0, 0.05) is 31.0 Å². The molecule has 1 aromatic carbocycles.